The molecule has 0 heterocycles. The van der Waals surface area contributed by atoms with Gasteiger partial charge in [-0.2, -0.15) is 0 Å². The van der Waals surface area contributed by atoms with Gasteiger partial charge < -0.3 is 47.9 Å². The van der Waals surface area contributed by atoms with Crippen molar-refractivity contribution in [3.8, 4) is 12.3 Å². The van der Waals surface area contributed by atoms with Crippen LogP contribution in [0.15, 0.2) is 24.3 Å². The molecule has 0 aromatic heterocycles. The standard InChI is InChI=1S/C30H49NO10/c1-3-5-10-31-29-8-6-28(7-9-29)30(32)41-27-26-40-25-24-39-23-22-38-21-20-37-19-18-36-17-16-35-15-14-34-13-12-33-11-4-2/h2,6-9,31H,3,5,10-27H2,1H3. The Bertz CT molecular complexity index is 757. The lowest BCUT2D eigenvalue weighted by Crippen LogP contribution is -2.15. The van der Waals surface area contributed by atoms with Crippen molar-refractivity contribution in [3.05, 3.63) is 29.8 Å². The number of esters is 1. The van der Waals surface area contributed by atoms with Gasteiger partial charge in [0, 0.05) is 12.2 Å². The van der Waals surface area contributed by atoms with Crippen molar-refractivity contribution in [1.29, 1.82) is 0 Å². The second-order valence-electron chi connectivity index (χ2n) is 8.54. The molecule has 0 radical (unpaired) electrons. The number of nitrogens with one attached hydrogen (secondary N) is 1. The first-order chi connectivity index (χ1) is 20.3. The summed E-state index contributed by atoms with van der Waals surface area (Å²) in [6.07, 6.45) is 7.32. The van der Waals surface area contributed by atoms with Crippen LogP contribution >= 0.6 is 0 Å². The fourth-order valence-electron chi connectivity index (χ4n) is 3.08. The van der Waals surface area contributed by atoms with Gasteiger partial charge >= 0.3 is 5.97 Å². The lowest BCUT2D eigenvalue weighted by Gasteiger charge is -2.09. The Labute approximate surface area is 245 Å². The molecule has 1 rings (SSSR count). The van der Waals surface area contributed by atoms with Crippen molar-refractivity contribution in [2.24, 2.45) is 0 Å². The molecular formula is C30H49NO10. The molecule has 0 saturated heterocycles. The maximum absolute atomic E-state index is 12.1. The highest BCUT2D eigenvalue weighted by Gasteiger charge is 2.06. The zero-order valence-electron chi connectivity index (χ0n) is 24.6. The summed E-state index contributed by atoms with van der Waals surface area (Å²) >= 11 is 0. The van der Waals surface area contributed by atoms with Gasteiger partial charge in [-0.05, 0) is 30.7 Å². The minimum atomic E-state index is -0.360. The molecule has 1 N–H and O–H groups in total. The van der Waals surface area contributed by atoms with Crippen LogP contribution in [0.5, 0.6) is 0 Å². The van der Waals surface area contributed by atoms with Crippen LogP contribution in [-0.4, -0.2) is 125 Å². The van der Waals surface area contributed by atoms with Crippen LogP contribution in [0.1, 0.15) is 30.1 Å². The normalized spacial score (nSPS) is 10.9. The lowest BCUT2D eigenvalue weighted by atomic mass is 10.2. The Balaban J connectivity index is 1.75. The molecule has 0 unspecified atom stereocenters. The predicted molar refractivity (Wildman–Crippen MR) is 156 cm³/mol. The van der Waals surface area contributed by atoms with Gasteiger partial charge in [-0.25, -0.2) is 4.79 Å². The van der Waals surface area contributed by atoms with Gasteiger partial charge in [0.15, 0.2) is 0 Å². The molecule has 0 fully saturated rings. The summed E-state index contributed by atoms with van der Waals surface area (Å²) in [5, 5.41) is 3.31. The molecule has 0 aliphatic rings. The second-order valence-corrected chi connectivity index (χ2v) is 8.54. The summed E-state index contributed by atoms with van der Waals surface area (Å²) in [5.74, 6) is 2.03. The number of anilines is 1. The van der Waals surface area contributed by atoms with Crippen LogP contribution in [0.4, 0.5) is 5.69 Å². The van der Waals surface area contributed by atoms with Gasteiger partial charge in [-0.3, -0.25) is 0 Å². The predicted octanol–water partition coefficient (Wildman–Crippen LogP) is 2.82. The van der Waals surface area contributed by atoms with Crippen molar-refractivity contribution < 1.29 is 47.4 Å². The van der Waals surface area contributed by atoms with Crippen LogP contribution in [0.2, 0.25) is 0 Å². The number of unbranched alkanes of at least 4 members (excludes halogenated alkanes) is 1. The zero-order chi connectivity index (χ0) is 29.5. The Hall–Kier alpha value is -2.27. The summed E-state index contributed by atoms with van der Waals surface area (Å²) < 4.78 is 48.3. The molecule has 41 heavy (non-hydrogen) atoms. The summed E-state index contributed by atoms with van der Waals surface area (Å²) in [7, 11) is 0. The molecule has 0 aliphatic heterocycles. The van der Waals surface area contributed by atoms with Crippen LogP contribution in [-0.2, 0) is 42.6 Å². The van der Waals surface area contributed by atoms with Gasteiger partial charge in [-0.1, -0.05) is 19.3 Å². The van der Waals surface area contributed by atoms with E-state index in [9.17, 15) is 4.79 Å². The number of ether oxygens (including phenoxy) is 9. The minimum absolute atomic E-state index is 0.193. The molecule has 0 spiro atoms. The molecule has 11 heteroatoms. The number of hydrogen-bond acceptors (Lipinski definition) is 11. The van der Waals surface area contributed by atoms with E-state index in [0.29, 0.717) is 111 Å². The third kappa shape index (κ3) is 24.1. The average Bonchev–Trinajstić information content (AvgIpc) is 2.99. The topological polar surface area (TPSA) is 112 Å². The highest BCUT2D eigenvalue weighted by molar-refractivity contribution is 5.89. The fraction of sp³-hybridized carbons (Fsp3) is 0.700. The van der Waals surface area contributed by atoms with Gasteiger partial charge in [0.05, 0.1) is 105 Å². The summed E-state index contributed by atoms with van der Waals surface area (Å²) in [5.41, 5.74) is 1.52. The summed E-state index contributed by atoms with van der Waals surface area (Å²) in [4.78, 5) is 12.1. The number of carbonyl (C=O) groups is 1. The van der Waals surface area contributed by atoms with E-state index < -0.39 is 0 Å². The van der Waals surface area contributed by atoms with Crippen molar-refractivity contribution in [2.45, 2.75) is 19.8 Å². The Morgan fingerprint density at radius 2 is 1.02 bits per heavy atom. The smallest absolute Gasteiger partial charge is 0.338 e. The maximum atomic E-state index is 12.1. The Kier molecular flexibility index (Phi) is 26.2. The number of benzene rings is 1. The van der Waals surface area contributed by atoms with Crippen molar-refractivity contribution in [2.75, 3.05) is 124 Å². The van der Waals surface area contributed by atoms with Crippen LogP contribution in [0, 0.1) is 12.3 Å². The van der Waals surface area contributed by atoms with Crippen LogP contribution < -0.4 is 5.32 Å². The van der Waals surface area contributed by atoms with E-state index in [1.165, 1.54) is 0 Å². The fourth-order valence-corrected chi connectivity index (χ4v) is 3.08. The van der Waals surface area contributed by atoms with E-state index in [1.54, 1.807) is 12.1 Å². The van der Waals surface area contributed by atoms with Gasteiger partial charge in [0.2, 0.25) is 0 Å². The van der Waals surface area contributed by atoms with Crippen molar-refractivity contribution in [1.82, 2.24) is 0 Å². The van der Waals surface area contributed by atoms with E-state index in [-0.39, 0.29) is 12.6 Å². The third-order valence-electron chi connectivity index (χ3n) is 5.23. The molecule has 0 saturated carbocycles. The van der Waals surface area contributed by atoms with Crippen molar-refractivity contribution >= 4 is 11.7 Å². The first kappa shape index (κ1) is 36.8. The Morgan fingerprint density at radius 1 is 0.634 bits per heavy atom. The van der Waals surface area contributed by atoms with Crippen LogP contribution in [0.25, 0.3) is 0 Å². The van der Waals surface area contributed by atoms with E-state index in [4.69, 9.17) is 49.1 Å². The maximum Gasteiger partial charge on any atom is 0.338 e. The molecule has 11 nitrogen and oxygen atoms in total. The highest BCUT2D eigenvalue weighted by atomic mass is 16.6. The van der Waals surface area contributed by atoms with E-state index in [2.05, 4.69) is 18.2 Å². The van der Waals surface area contributed by atoms with Gasteiger partial charge in [-0.15, -0.1) is 6.42 Å². The number of rotatable bonds is 30. The molecule has 234 valence electrons. The SMILES string of the molecule is C#CCOCCOCCOCCOCCOCCOCCOCCOCCOC(=O)c1ccc(NCCCC)cc1. The molecule has 1 aromatic rings. The van der Waals surface area contributed by atoms with E-state index in [0.717, 1.165) is 25.1 Å². The molecule has 0 aliphatic carbocycles. The Morgan fingerprint density at radius 3 is 1.41 bits per heavy atom. The van der Waals surface area contributed by atoms with Gasteiger partial charge in [0.25, 0.3) is 0 Å². The van der Waals surface area contributed by atoms with E-state index in [1.807, 2.05) is 12.1 Å². The van der Waals surface area contributed by atoms with Gasteiger partial charge in [0.1, 0.15) is 13.2 Å². The largest absolute Gasteiger partial charge is 0.460 e. The third-order valence-corrected chi connectivity index (χ3v) is 5.23. The van der Waals surface area contributed by atoms with Crippen molar-refractivity contribution in [3.63, 3.8) is 0 Å². The first-order valence-corrected chi connectivity index (χ1v) is 14.3. The molecule has 0 amide bonds. The highest BCUT2D eigenvalue weighted by Crippen LogP contribution is 2.10. The number of hydrogen-bond donors (Lipinski definition) is 1. The second kappa shape index (κ2) is 29.2. The molecule has 0 bridgehead atoms. The summed E-state index contributed by atoms with van der Waals surface area (Å²) in [6.45, 7) is 10.7. The van der Waals surface area contributed by atoms with Crippen LogP contribution in [0.3, 0.4) is 0 Å². The summed E-state index contributed by atoms with van der Waals surface area (Å²) in [6, 6.07) is 7.29. The van der Waals surface area contributed by atoms with E-state index >= 15 is 0 Å². The first-order valence-electron chi connectivity index (χ1n) is 14.3. The molecule has 1 aromatic carbocycles. The molecule has 0 atom stereocenters. The monoisotopic (exact) mass is 583 g/mol. The minimum Gasteiger partial charge on any atom is -0.460 e. The zero-order valence-corrected chi connectivity index (χ0v) is 24.6. The lowest BCUT2D eigenvalue weighted by molar-refractivity contribution is -0.0239. The number of terminal acetylenes is 1. The number of carbonyl (C=O) groups excluding carboxylic acids is 1. The quantitative estimate of drug-likeness (QED) is 0.0820. The average molecular weight is 584 g/mol. The molecular weight excluding hydrogens is 534 g/mol.